The van der Waals surface area contributed by atoms with Crippen molar-refractivity contribution in [2.75, 3.05) is 12.0 Å². The Hall–Kier alpha value is -4.18. The first-order chi connectivity index (χ1) is 16.3. The Labute approximate surface area is 195 Å². The first-order valence-corrected chi connectivity index (χ1v) is 10.8. The fourth-order valence-electron chi connectivity index (χ4n) is 3.54. The maximum atomic E-state index is 12.6. The van der Waals surface area contributed by atoms with Crippen LogP contribution >= 0.6 is 0 Å². The van der Waals surface area contributed by atoms with Gasteiger partial charge >= 0.3 is 5.69 Å². The van der Waals surface area contributed by atoms with Crippen molar-refractivity contribution in [1.29, 1.82) is 0 Å². The number of anilines is 1. The molecule has 4 aromatic rings. The molecule has 34 heavy (non-hydrogen) atoms. The van der Waals surface area contributed by atoms with Crippen molar-refractivity contribution >= 4 is 22.8 Å². The molecular formula is C24H26N6O4. The number of hydrazone groups is 1. The molecule has 4 rings (SSSR count). The lowest BCUT2D eigenvalue weighted by Crippen LogP contribution is -2.30. The Morgan fingerprint density at radius 2 is 1.88 bits per heavy atom. The highest BCUT2D eigenvalue weighted by Crippen LogP contribution is 2.19. The number of para-hydroxylation sites is 1. The highest BCUT2D eigenvalue weighted by atomic mass is 16.5. The van der Waals surface area contributed by atoms with Gasteiger partial charge in [0.05, 0.1) is 12.3 Å². The van der Waals surface area contributed by atoms with E-state index in [9.17, 15) is 14.7 Å². The maximum Gasteiger partial charge on any atom is 0.329 e. The molecule has 10 heteroatoms. The fourth-order valence-corrected chi connectivity index (χ4v) is 3.54. The summed E-state index contributed by atoms with van der Waals surface area (Å²) in [4.78, 5) is 31.4. The number of aliphatic hydroxyl groups is 1. The van der Waals surface area contributed by atoms with E-state index in [-0.39, 0.29) is 30.3 Å². The summed E-state index contributed by atoms with van der Waals surface area (Å²) < 4.78 is 8.50. The van der Waals surface area contributed by atoms with E-state index in [1.54, 1.807) is 0 Å². The minimum atomic E-state index is -0.964. The van der Waals surface area contributed by atoms with Gasteiger partial charge in [-0.25, -0.2) is 10.2 Å². The molecule has 0 aliphatic rings. The summed E-state index contributed by atoms with van der Waals surface area (Å²) in [7, 11) is 1.51. The Kier molecular flexibility index (Phi) is 6.60. The summed E-state index contributed by atoms with van der Waals surface area (Å²) in [6.07, 6.45) is -0.964. The number of nitrogens with zero attached hydrogens (tertiary/aromatic N) is 4. The van der Waals surface area contributed by atoms with Crippen LogP contribution < -0.4 is 21.4 Å². The summed E-state index contributed by atoms with van der Waals surface area (Å²) in [5.74, 6) is 0.880. The first kappa shape index (κ1) is 23.0. The van der Waals surface area contributed by atoms with Crippen LogP contribution in [0.4, 0.5) is 5.95 Å². The smallest absolute Gasteiger partial charge is 0.329 e. The fraction of sp³-hybridized carbons (Fsp3) is 0.250. The van der Waals surface area contributed by atoms with Gasteiger partial charge in [0.1, 0.15) is 18.5 Å². The van der Waals surface area contributed by atoms with Crippen LogP contribution in [0.1, 0.15) is 18.1 Å². The second-order valence-electron chi connectivity index (χ2n) is 7.94. The number of H-pyrrole nitrogens is 1. The van der Waals surface area contributed by atoms with E-state index in [4.69, 9.17) is 4.74 Å². The van der Waals surface area contributed by atoms with Crippen LogP contribution in [0.3, 0.4) is 0 Å². The number of aromatic amines is 1. The van der Waals surface area contributed by atoms with Gasteiger partial charge in [-0.15, -0.1) is 0 Å². The number of hydrogen-bond donors (Lipinski definition) is 3. The molecule has 0 radical (unpaired) electrons. The lowest BCUT2D eigenvalue weighted by atomic mass is 10.1. The summed E-state index contributed by atoms with van der Waals surface area (Å²) in [5.41, 5.74) is 4.58. The quantitative estimate of drug-likeness (QED) is 0.272. The molecule has 10 nitrogen and oxygen atoms in total. The number of nitrogens with one attached hydrogen (secondary N) is 2. The molecule has 0 bridgehead atoms. The van der Waals surface area contributed by atoms with Crippen molar-refractivity contribution in [1.82, 2.24) is 19.1 Å². The number of imidazole rings is 1. The molecule has 0 aliphatic carbocycles. The molecule has 0 saturated carbocycles. The van der Waals surface area contributed by atoms with Gasteiger partial charge in [-0.2, -0.15) is 10.1 Å². The number of aliphatic hydroxyl groups excluding tert-OH is 1. The average molecular weight is 463 g/mol. The number of fused-ring (bicyclic) bond motifs is 1. The van der Waals surface area contributed by atoms with Crippen LogP contribution in [0, 0.1) is 6.92 Å². The summed E-state index contributed by atoms with van der Waals surface area (Å²) in [6.45, 7) is 3.74. The van der Waals surface area contributed by atoms with Crippen molar-refractivity contribution in [3.63, 3.8) is 0 Å². The standard InChI is InChI=1S/C24H26N6O4/c1-15-9-7-8-12-19(15)34-14-18(31)13-30-20-21(29(3)24(33)26-22(20)32)25-23(30)28-27-16(2)17-10-5-4-6-11-17/h4-12,18,31H,13-14H2,1-3H3,(H,25,28)(H,26,32,33)/b27-16-/t18-/m1/s1. The van der Waals surface area contributed by atoms with E-state index in [2.05, 4.69) is 20.5 Å². The SMILES string of the molecule is C/C(=N/Nc1nc2c(c(=O)[nH]c(=O)n2C)n1C[C@@H](O)COc1ccccc1C)c1ccccc1. The molecule has 3 N–H and O–H groups in total. The van der Waals surface area contributed by atoms with Gasteiger partial charge in [-0.05, 0) is 31.0 Å². The Balaban J connectivity index is 1.66. The predicted octanol–water partition coefficient (Wildman–Crippen LogP) is 2.01. The van der Waals surface area contributed by atoms with Crippen LogP contribution in [-0.4, -0.2) is 42.6 Å². The van der Waals surface area contributed by atoms with E-state index in [0.29, 0.717) is 11.5 Å². The summed E-state index contributed by atoms with van der Waals surface area (Å²) in [5, 5.41) is 15.1. The molecular weight excluding hydrogens is 436 g/mol. The molecule has 0 amide bonds. The van der Waals surface area contributed by atoms with Gasteiger partial charge in [0.25, 0.3) is 5.56 Å². The lowest BCUT2D eigenvalue weighted by molar-refractivity contribution is 0.0935. The van der Waals surface area contributed by atoms with Crippen molar-refractivity contribution in [3.05, 3.63) is 86.6 Å². The van der Waals surface area contributed by atoms with Crippen molar-refractivity contribution in [3.8, 4) is 5.75 Å². The number of benzene rings is 2. The third-order valence-electron chi connectivity index (χ3n) is 5.44. The lowest BCUT2D eigenvalue weighted by Gasteiger charge is -2.16. The second kappa shape index (κ2) is 9.75. The zero-order chi connectivity index (χ0) is 24.2. The van der Waals surface area contributed by atoms with Crippen molar-refractivity contribution in [2.45, 2.75) is 26.5 Å². The van der Waals surface area contributed by atoms with Crippen molar-refractivity contribution in [2.24, 2.45) is 12.1 Å². The number of hydrogen-bond acceptors (Lipinski definition) is 7. The van der Waals surface area contributed by atoms with Crippen molar-refractivity contribution < 1.29 is 9.84 Å². The van der Waals surface area contributed by atoms with Gasteiger partial charge in [-0.3, -0.25) is 14.3 Å². The number of aryl methyl sites for hydroxylation is 2. The Bertz CT molecular complexity index is 1450. The molecule has 2 aromatic carbocycles. The highest BCUT2D eigenvalue weighted by Gasteiger charge is 2.20. The van der Waals surface area contributed by atoms with Crippen LogP contribution in [0.15, 0.2) is 69.3 Å². The second-order valence-corrected chi connectivity index (χ2v) is 7.94. The Morgan fingerprint density at radius 1 is 1.18 bits per heavy atom. The monoisotopic (exact) mass is 462 g/mol. The molecule has 0 spiro atoms. The zero-order valence-electron chi connectivity index (χ0n) is 19.1. The molecule has 1 atom stereocenters. The van der Waals surface area contributed by atoms with Crippen LogP contribution in [0.2, 0.25) is 0 Å². The zero-order valence-corrected chi connectivity index (χ0v) is 19.1. The van der Waals surface area contributed by atoms with Gasteiger partial charge in [0.2, 0.25) is 5.95 Å². The molecule has 176 valence electrons. The van der Waals surface area contributed by atoms with Gasteiger partial charge < -0.3 is 14.4 Å². The Morgan fingerprint density at radius 3 is 2.62 bits per heavy atom. The van der Waals surface area contributed by atoms with Crippen LogP contribution in [0.5, 0.6) is 5.75 Å². The molecule has 0 saturated heterocycles. The highest BCUT2D eigenvalue weighted by molar-refractivity contribution is 5.99. The van der Waals surface area contributed by atoms with Crippen LogP contribution in [-0.2, 0) is 13.6 Å². The molecule has 2 heterocycles. The van der Waals surface area contributed by atoms with Crippen LogP contribution in [0.25, 0.3) is 11.2 Å². The summed E-state index contributed by atoms with van der Waals surface area (Å²) >= 11 is 0. The summed E-state index contributed by atoms with van der Waals surface area (Å²) in [6, 6.07) is 17.1. The van der Waals surface area contributed by atoms with E-state index in [1.807, 2.05) is 68.4 Å². The minimum absolute atomic E-state index is 0.0000530. The van der Waals surface area contributed by atoms with Gasteiger partial charge in [0.15, 0.2) is 11.2 Å². The van der Waals surface area contributed by atoms with E-state index >= 15 is 0 Å². The number of rotatable bonds is 8. The maximum absolute atomic E-state index is 12.6. The normalized spacial score (nSPS) is 12.6. The molecule has 0 aliphatic heterocycles. The largest absolute Gasteiger partial charge is 0.491 e. The molecule has 0 fully saturated rings. The number of aromatic nitrogens is 4. The van der Waals surface area contributed by atoms with Gasteiger partial charge in [-0.1, -0.05) is 48.5 Å². The van der Waals surface area contributed by atoms with E-state index in [0.717, 1.165) is 11.1 Å². The third kappa shape index (κ3) is 4.76. The van der Waals surface area contributed by atoms with E-state index < -0.39 is 17.4 Å². The molecule has 2 aromatic heterocycles. The number of ether oxygens (including phenoxy) is 1. The topological polar surface area (TPSA) is 127 Å². The minimum Gasteiger partial charge on any atom is -0.491 e. The first-order valence-electron chi connectivity index (χ1n) is 10.8. The van der Waals surface area contributed by atoms with Gasteiger partial charge in [0, 0.05) is 7.05 Å². The third-order valence-corrected chi connectivity index (χ3v) is 5.44. The molecule has 0 unspecified atom stereocenters. The predicted molar refractivity (Wildman–Crippen MR) is 131 cm³/mol. The van der Waals surface area contributed by atoms with E-state index in [1.165, 1.54) is 16.2 Å². The average Bonchev–Trinajstić information content (AvgIpc) is 3.19.